The monoisotopic (exact) mass is 454 g/mol. The lowest BCUT2D eigenvalue weighted by Gasteiger charge is -2.10. The SMILES string of the molecule is CCOc1ccc(NC(=S)Nc2nn(Cc3ccc(Cl)c(Cl)c3)cc2Cl)cc1. The third-order valence-corrected chi connectivity index (χ3v) is 4.92. The molecule has 5 nitrogen and oxygen atoms in total. The molecule has 2 N–H and O–H groups in total. The van der Waals surface area contributed by atoms with Gasteiger partial charge in [0.1, 0.15) is 10.8 Å². The van der Waals surface area contributed by atoms with Crippen LogP contribution in [-0.2, 0) is 6.54 Å². The van der Waals surface area contributed by atoms with E-state index in [2.05, 4.69) is 15.7 Å². The molecule has 9 heteroatoms. The lowest BCUT2D eigenvalue weighted by atomic mass is 10.2. The molecule has 1 aromatic heterocycles. The number of anilines is 2. The van der Waals surface area contributed by atoms with Gasteiger partial charge in [-0.25, -0.2) is 0 Å². The Kier molecular flexibility index (Phi) is 7.02. The lowest BCUT2D eigenvalue weighted by Crippen LogP contribution is -2.19. The summed E-state index contributed by atoms with van der Waals surface area (Å²) in [6.07, 6.45) is 1.71. The number of nitrogens with one attached hydrogen (secondary N) is 2. The third kappa shape index (κ3) is 5.52. The van der Waals surface area contributed by atoms with Gasteiger partial charge in [0.25, 0.3) is 0 Å². The van der Waals surface area contributed by atoms with E-state index in [0.717, 1.165) is 17.0 Å². The first-order chi connectivity index (χ1) is 13.4. The molecular weight excluding hydrogens is 439 g/mol. The van der Waals surface area contributed by atoms with Crippen LogP contribution < -0.4 is 15.4 Å². The number of benzene rings is 2. The number of halogens is 3. The van der Waals surface area contributed by atoms with Gasteiger partial charge in [-0.2, -0.15) is 5.10 Å². The average molecular weight is 456 g/mol. The van der Waals surface area contributed by atoms with Crippen molar-refractivity contribution >= 4 is 63.6 Å². The molecule has 0 unspecified atom stereocenters. The number of hydrogen-bond acceptors (Lipinski definition) is 3. The molecule has 146 valence electrons. The van der Waals surface area contributed by atoms with Crippen molar-refractivity contribution < 1.29 is 4.74 Å². The van der Waals surface area contributed by atoms with E-state index in [1.165, 1.54) is 0 Å². The summed E-state index contributed by atoms with van der Waals surface area (Å²) >= 11 is 23.6. The van der Waals surface area contributed by atoms with Crippen LogP contribution in [0.25, 0.3) is 0 Å². The Balaban J connectivity index is 1.62. The summed E-state index contributed by atoms with van der Waals surface area (Å²) in [6.45, 7) is 3.06. The van der Waals surface area contributed by atoms with E-state index in [0.29, 0.717) is 39.1 Å². The van der Waals surface area contributed by atoms with Crippen LogP contribution in [0.4, 0.5) is 11.5 Å². The van der Waals surface area contributed by atoms with Crippen LogP contribution in [-0.4, -0.2) is 21.5 Å². The molecule has 0 bridgehead atoms. The highest BCUT2D eigenvalue weighted by atomic mass is 35.5. The van der Waals surface area contributed by atoms with Crippen molar-refractivity contribution in [3.05, 3.63) is 69.3 Å². The summed E-state index contributed by atoms with van der Waals surface area (Å²) in [7, 11) is 0. The Morgan fingerprint density at radius 1 is 1.04 bits per heavy atom. The Hall–Kier alpha value is -1.99. The second kappa shape index (κ2) is 9.47. The second-order valence-corrected chi connectivity index (χ2v) is 7.44. The van der Waals surface area contributed by atoms with Crippen LogP contribution in [0.3, 0.4) is 0 Å². The van der Waals surface area contributed by atoms with Gasteiger partial charge in [-0.3, -0.25) is 4.68 Å². The number of aromatic nitrogens is 2. The van der Waals surface area contributed by atoms with Gasteiger partial charge in [-0.05, 0) is 61.1 Å². The van der Waals surface area contributed by atoms with Gasteiger partial charge in [0.05, 0.1) is 23.2 Å². The molecule has 0 radical (unpaired) electrons. The summed E-state index contributed by atoms with van der Waals surface area (Å²) in [5, 5.41) is 12.4. The van der Waals surface area contributed by atoms with Crippen LogP contribution in [0.15, 0.2) is 48.7 Å². The maximum Gasteiger partial charge on any atom is 0.176 e. The van der Waals surface area contributed by atoms with Crippen molar-refractivity contribution in [2.45, 2.75) is 13.5 Å². The largest absolute Gasteiger partial charge is 0.494 e. The smallest absolute Gasteiger partial charge is 0.176 e. The van der Waals surface area contributed by atoms with Crippen LogP contribution in [0.2, 0.25) is 15.1 Å². The number of hydrogen-bond donors (Lipinski definition) is 2. The van der Waals surface area contributed by atoms with Crippen LogP contribution in [0.5, 0.6) is 5.75 Å². The maximum absolute atomic E-state index is 6.27. The number of thiocarbonyl (C=S) groups is 1. The van der Waals surface area contributed by atoms with Gasteiger partial charge in [-0.1, -0.05) is 40.9 Å². The summed E-state index contributed by atoms with van der Waals surface area (Å²) < 4.78 is 7.12. The van der Waals surface area contributed by atoms with E-state index >= 15 is 0 Å². The van der Waals surface area contributed by atoms with Crippen molar-refractivity contribution in [3.8, 4) is 5.75 Å². The van der Waals surface area contributed by atoms with Crippen molar-refractivity contribution in [3.63, 3.8) is 0 Å². The standard InChI is InChI=1S/C19H17Cl3N4OS/c1-2-27-14-6-4-13(5-7-14)23-19(28)24-18-17(22)11-26(25-18)10-12-3-8-15(20)16(21)9-12/h3-9,11H,2,10H2,1H3,(H2,23,24,25,28). The van der Waals surface area contributed by atoms with Crippen molar-refractivity contribution in [2.75, 3.05) is 17.2 Å². The topological polar surface area (TPSA) is 51.1 Å². The zero-order chi connectivity index (χ0) is 20.1. The molecule has 28 heavy (non-hydrogen) atoms. The van der Waals surface area contributed by atoms with Crippen LogP contribution in [0.1, 0.15) is 12.5 Å². The van der Waals surface area contributed by atoms with Crippen LogP contribution in [0, 0.1) is 0 Å². The molecule has 3 aromatic rings. The first-order valence-corrected chi connectivity index (χ1v) is 9.96. The second-order valence-electron chi connectivity index (χ2n) is 5.81. The Morgan fingerprint density at radius 2 is 1.79 bits per heavy atom. The van der Waals surface area contributed by atoms with E-state index in [1.54, 1.807) is 23.0 Å². The Bertz CT molecular complexity index is 976. The first kappa shape index (κ1) is 20.7. The van der Waals surface area contributed by atoms with Gasteiger partial charge < -0.3 is 15.4 Å². The van der Waals surface area contributed by atoms with Crippen LogP contribution >= 0.6 is 47.0 Å². The molecule has 3 rings (SSSR count). The minimum absolute atomic E-state index is 0.380. The summed E-state index contributed by atoms with van der Waals surface area (Å²) in [5.41, 5.74) is 1.78. The van der Waals surface area contributed by atoms with Gasteiger partial charge in [0.15, 0.2) is 10.9 Å². The maximum atomic E-state index is 6.27. The van der Waals surface area contributed by atoms with Crippen molar-refractivity contribution in [1.82, 2.24) is 9.78 Å². The van der Waals surface area contributed by atoms with E-state index in [-0.39, 0.29) is 0 Å². The predicted octanol–water partition coefficient (Wildman–Crippen LogP) is 6.10. The zero-order valence-electron chi connectivity index (χ0n) is 14.9. The molecule has 0 atom stereocenters. The van der Waals surface area contributed by atoms with Crippen molar-refractivity contribution in [1.29, 1.82) is 0 Å². The molecular formula is C19H17Cl3N4OS. The highest BCUT2D eigenvalue weighted by Crippen LogP contribution is 2.24. The van der Waals surface area contributed by atoms with E-state index in [9.17, 15) is 0 Å². The van der Waals surface area contributed by atoms with E-state index in [1.807, 2.05) is 37.3 Å². The Morgan fingerprint density at radius 3 is 2.46 bits per heavy atom. The van der Waals surface area contributed by atoms with Gasteiger partial charge in [-0.15, -0.1) is 0 Å². The fraction of sp³-hybridized carbons (Fsp3) is 0.158. The number of ether oxygens (including phenoxy) is 1. The predicted molar refractivity (Wildman–Crippen MR) is 120 cm³/mol. The summed E-state index contributed by atoms with van der Waals surface area (Å²) in [4.78, 5) is 0. The minimum Gasteiger partial charge on any atom is -0.494 e. The average Bonchev–Trinajstić information content (AvgIpc) is 2.99. The quantitative estimate of drug-likeness (QED) is 0.440. The highest BCUT2D eigenvalue weighted by Gasteiger charge is 2.10. The third-order valence-electron chi connectivity index (χ3n) is 3.70. The van der Waals surface area contributed by atoms with Gasteiger partial charge >= 0.3 is 0 Å². The molecule has 0 aliphatic rings. The zero-order valence-corrected chi connectivity index (χ0v) is 18.0. The molecule has 0 saturated carbocycles. The molecule has 0 saturated heterocycles. The molecule has 0 aliphatic carbocycles. The minimum atomic E-state index is 0.380. The van der Waals surface area contributed by atoms with Gasteiger partial charge in [0.2, 0.25) is 0 Å². The molecule has 0 amide bonds. The molecule has 2 aromatic carbocycles. The number of nitrogens with zero attached hydrogens (tertiary/aromatic N) is 2. The summed E-state index contributed by atoms with van der Waals surface area (Å²) in [6, 6.07) is 12.9. The molecule has 1 heterocycles. The van der Waals surface area contributed by atoms with E-state index < -0.39 is 0 Å². The molecule has 0 aliphatic heterocycles. The Labute approximate surface area is 183 Å². The van der Waals surface area contributed by atoms with Gasteiger partial charge in [0, 0.05) is 11.9 Å². The fourth-order valence-electron chi connectivity index (χ4n) is 2.46. The highest BCUT2D eigenvalue weighted by molar-refractivity contribution is 7.80. The number of rotatable bonds is 6. The van der Waals surface area contributed by atoms with Crippen molar-refractivity contribution in [2.24, 2.45) is 0 Å². The summed E-state index contributed by atoms with van der Waals surface area (Å²) in [5.74, 6) is 1.26. The lowest BCUT2D eigenvalue weighted by molar-refractivity contribution is 0.340. The molecule has 0 spiro atoms. The normalized spacial score (nSPS) is 10.6. The fourth-order valence-corrected chi connectivity index (χ4v) is 3.19. The first-order valence-electron chi connectivity index (χ1n) is 8.42. The molecule has 0 fully saturated rings. The van der Waals surface area contributed by atoms with E-state index in [4.69, 9.17) is 51.8 Å².